The lowest BCUT2D eigenvalue weighted by molar-refractivity contribution is 0.0969. The van der Waals surface area contributed by atoms with Crippen molar-refractivity contribution in [2.45, 2.75) is 33.0 Å². The van der Waals surface area contributed by atoms with Crippen LogP contribution in [-0.4, -0.2) is 19.3 Å². The maximum atomic E-state index is 5.57. The molecule has 0 aliphatic heterocycles. The van der Waals surface area contributed by atoms with Gasteiger partial charge in [-0.25, -0.2) is 0 Å². The summed E-state index contributed by atoms with van der Waals surface area (Å²) in [7, 11) is 1.73. The predicted molar refractivity (Wildman–Crippen MR) is 53.4 cm³/mol. The van der Waals surface area contributed by atoms with Gasteiger partial charge in [-0.1, -0.05) is 13.0 Å². The Kier molecular flexibility index (Phi) is 3.55. The fraction of sp³-hybridized carbons (Fsp3) is 0.636. The van der Waals surface area contributed by atoms with Gasteiger partial charge >= 0.3 is 0 Å². The third kappa shape index (κ3) is 2.88. The molecular formula is C11H18O2. The summed E-state index contributed by atoms with van der Waals surface area (Å²) < 4.78 is 10.9. The van der Waals surface area contributed by atoms with E-state index in [2.05, 4.69) is 13.0 Å². The average Bonchev–Trinajstić information content (AvgIpc) is 2.07. The van der Waals surface area contributed by atoms with Gasteiger partial charge in [0.25, 0.3) is 0 Å². The van der Waals surface area contributed by atoms with Gasteiger partial charge in [-0.15, -0.1) is 0 Å². The lowest BCUT2D eigenvalue weighted by Gasteiger charge is -2.22. The summed E-state index contributed by atoms with van der Waals surface area (Å²) in [5, 5.41) is 0. The van der Waals surface area contributed by atoms with Crippen molar-refractivity contribution >= 4 is 0 Å². The van der Waals surface area contributed by atoms with E-state index in [0.29, 0.717) is 5.92 Å². The fourth-order valence-electron chi connectivity index (χ4n) is 1.36. The van der Waals surface area contributed by atoms with Gasteiger partial charge in [-0.05, 0) is 26.0 Å². The number of allylic oxidation sites excluding steroid dienone is 1. The van der Waals surface area contributed by atoms with Crippen molar-refractivity contribution in [3.8, 4) is 0 Å². The summed E-state index contributed by atoms with van der Waals surface area (Å²) in [5.41, 5.74) is 0. The number of rotatable bonds is 3. The van der Waals surface area contributed by atoms with Crippen LogP contribution in [0.3, 0.4) is 0 Å². The minimum atomic E-state index is 0.152. The van der Waals surface area contributed by atoms with E-state index in [4.69, 9.17) is 9.47 Å². The van der Waals surface area contributed by atoms with E-state index in [1.165, 1.54) is 0 Å². The second-order valence-electron chi connectivity index (χ2n) is 3.65. The molecule has 2 unspecified atom stereocenters. The summed E-state index contributed by atoms with van der Waals surface area (Å²) in [6.45, 7) is 6.18. The van der Waals surface area contributed by atoms with E-state index in [1.807, 2.05) is 26.0 Å². The smallest absolute Gasteiger partial charge is 0.117 e. The van der Waals surface area contributed by atoms with E-state index in [-0.39, 0.29) is 12.2 Å². The van der Waals surface area contributed by atoms with Crippen LogP contribution in [0.2, 0.25) is 0 Å². The zero-order valence-corrected chi connectivity index (χ0v) is 8.78. The van der Waals surface area contributed by atoms with Crippen molar-refractivity contribution in [1.29, 1.82) is 0 Å². The van der Waals surface area contributed by atoms with Crippen molar-refractivity contribution in [3.63, 3.8) is 0 Å². The van der Waals surface area contributed by atoms with Crippen molar-refractivity contribution in [2.24, 2.45) is 5.92 Å². The van der Waals surface area contributed by atoms with Crippen molar-refractivity contribution in [3.05, 3.63) is 24.0 Å². The molecule has 2 heteroatoms. The summed E-state index contributed by atoms with van der Waals surface area (Å²) in [5.74, 6) is 1.35. The van der Waals surface area contributed by atoms with Crippen LogP contribution in [0, 0.1) is 5.92 Å². The highest BCUT2D eigenvalue weighted by Crippen LogP contribution is 2.20. The van der Waals surface area contributed by atoms with Gasteiger partial charge in [-0.3, -0.25) is 0 Å². The first kappa shape index (κ1) is 10.3. The molecular weight excluding hydrogens is 164 g/mol. The van der Waals surface area contributed by atoms with E-state index in [1.54, 1.807) is 7.11 Å². The first-order valence-corrected chi connectivity index (χ1v) is 4.73. The van der Waals surface area contributed by atoms with Crippen LogP contribution >= 0.6 is 0 Å². The van der Waals surface area contributed by atoms with Crippen LogP contribution in [0.5, 0.6) is 0 Å². The predicted octanol–water partition coefficient (Wildman–Crippen LogP) is 2.52. The molecule has 0 bridgehead atoms. The molecule has 0 spiro atoms. The third-order valence-corrected chi connectivity index (χ3v) is 2.05. The highest BCUT2D eigenvalue weighted by Gasteiger charge is 2.16. The minimum absolute atomic E-state index is 0.152. The largest absolute Gasteiger partial charge is 0.491 e. The monoisotopic (exact) mass is 182 g/mol. The van der Waals surface area contributed by atoms with Gasteiger partial charge in [-0.2, -0.15) is 0 Å². The third-order valence-electron chi connectivity index (χ3n) is 2.05. The summed E-state index contributed by atoms with van der Waals surface area (Å²) in [6, 6.07) is 0. The summed E-state index contributed by atoms with van der Waals surface area (Å²) in [4.78, 5) is 0. The topological polar surface area (TPSA) is 18.5 Å². The van der Waals surface area contributed by atoms with Crippen LogP contribution in [-0.2, 0) is 9.47 Å². The number of hydrogen-bond donors (Lipinski definition) is 0. The molecule has 1 aliphatic carbocycles. The second-order valence-corrected chi connectivity index (χ2v) is 3.65. The zero-order valence-electron chi connectivity index (χ0n) is 8.78. The van der Waals surface area contributed by atoms with Crippen LogP contribution in [0.4, 0.5) is 0 Å². The lowest BCUT2D eigenvalue weighted by atomic mass is 9.99. The van der Waals surface area contributed by atoms with Crippen LogP contribution in [0.1, 0.15) is 20.8 Å². The molecule has 0 N–H and O–H groups in total. The SMILES string of the molecule is COC1C=C(OC(C)C)C=CC1C. The highest BCUT2D eigenvalue weighted by molar-refractivity contribution is 5.21. The van der Waals surface area contributed by atoms with Crippen molar-refractivity contribution < 1.29 is 9.47 Å². The minimum Gasteiger partial charge on any atom is -0.491 e. The van der Waals surface area contributed by atoms with Crippen molar-refractivity contribution in [1.82, 2.24) is 0 Å². The van der Waals surface area contributed by atoms with Gasteiger partial charge in [0, 0.05) is 13.0 Å². The van der Waals surface area contributed by atoms with Crippen molar-refractivity contribution in [2.75, 3.05) is 7.11 Å². The van der Waals surface area contributed by atoms with Gasteiger partial charge in [0.2, 0.25) is 0 Å². The van der Waals surface area contributed by atoms with Crippen LogP contribution < -0.4 is 0 Å². The molecule has 0 amide bonds. The maximum Gasteiger partial charge on any atom is 0.117 e. The number of hydrogen-bond acceptors (Lipinski definition) is 2. The number of ether oxygens (including phenoxy) is 2. The summed E-state index contributed by atoms with van der Waals surface area (Å²) >= 11 is 0. The normalized spacial score (nSPS) is 27.6. The summed E-state index contributed by atoms with van der Waals surface area (Å²) in [6.07, 6.45) is 6.54. The second kappa shape index (κ2) is 4.47. The van der Waals surface area contributed by atoms with E-state index in [0.717, 1.165) is 5.76 Å². The van der Waals surface area contributed by atoms with Gasteiger partial charge in [0.15, 0.2) is 0 Å². The average molecular weight is 182 g/mol. The molecule has 1 aliphatic rings. The van der Waals surface area contributed by atoms with Gasteiger partial charge < -0.3 is 9.47 Å². The van der Waals surface area contributed by atoms with E-state index in [9.17, 15) is 0 Å². The Bertz CT molecular complexity index is 216. The Morgan fingerprint density at radius 2 is 2.08 bits per heavy atom. The standard InChI is InChI=1S/C11H18O2/c1-8(2)13-10-6-5-9(3)11(7-10)12-4/h5-9,11H,1-4H3. The Labute approximate surface area is 80.2 Å². The number of methoxy groups -OCH3 is 1. The Hall–Kier alpha value is -0.760. The molecule has 2 atom stereocenters. The molecule has 0 saturated heterocycles. The van der Waals surface area contributed by atoms with Crippen LogP contribution in [0.25, 0.3) is 0 Å². The molecule has 0 radical (unpaired) electrons. The molecule has 0 saturated carbocycles. The highest BCUT2D eigenvalue weighted by atomic mass is 16.5. The van der Waals surface area contributed by atoms with Gasteiger partial charge in [0.1, 0.15) is 5.76 Å². The molecule has 0 heterocycles. The first-order chi connectivity index (χ1) is 6.13. The Morgan fingerprint density at radius 3 is 2.62 bits per heavy atom. The Balaban J connectivity index is 2.61. The quantitative estimate of drug-likeness (QED) is 0.667. The molecule has 0 fully saturated rings. The fourth-order valence-corrected chi connectivity index (χ4v) is 1.36. The Morgan fingerprint density at radius 1 is 1.38 bits per heavy atom. The first-order valence-electron chi connectivity index (χ1n) is 4.73. The van der Waals surface area contributed by atoms with E-state index >= 15 is 0 Å². The van der Waals surface area contributed by atoms with Crippen LogP contribution in [0.15, 0.2) is 24.0 Å². The maximum absolute atomic E-state index is 5.57. The van der Waals surface area contributed by atoms with E-state index < -0.39 is 0 Å². The molecule has 13 heavy (non-hydrogen) atoms. The molecule has 2 nitrogen and oxygen atoms in total. The molecule has 0 aromatic carbocycles. The van der Waals surface area contributed by atoms with Gasteiger partial charge in [0.05, 0.1) is 12.2 Å². The molecule has 1 rings (SSSR count). The molecule has 0 aromatic heterocycles. The zero-order chi connectivity index (χ0) is 9.84. The molecule has 0 aromatic rings. The molecule has 74 valence electrons. The lowest BCUT2D eigenvalue weighted by Crippen LogP contribution is -2.20.